The monoisotopic (exact) mass is 574 g/mol. The SMILES string of the molecule is CCC(=O)CNC(=S)N1CCC(c2nc(C(=O)Nc3ccccc3-c3ccc(CC(F)(F)F)cc3)cs2)CC1. The first-order valence-electron chi connectivity index (χ1n) is 12.7. The van der Waals surface area contributed by atoms with Crippen molar-refractivity contribution in [2.75, 3.05) is 25.0 Å². The van der Waals surface area contributed by atoms with Gasteiger partial charge >= 0.3 is 6.18 Å². The molecule has 0 bridgehead atoms. The number of nitrogens with one attached hydrogen (secondary N) is 2. The third-order valence-electron chi connectivity index (χ3n) is 6.56. The molecule has 3 aromatic rings. The molecule has 4 rings (SSSR count). The summed E-state index contributed by atoms with van der Waals surface area (Å²) in [6.07, 6.45) is -3.10. The average molecular weight is 575 g/mol. The van der Waals surface area contributed by atoms with Crippen molar-refractivity contribution in [3.05, 3.63) is 70.2 Å². The van der Waals surface area contributed by atoms with E-state index < -0.39 is 12.6 Å². The Morgan fingerprint density at radius 3 is 2.46 bits per heavy atom. The van der Waals surface area contributed by atoms with Gasteiger partial charge in [0, 0.05) is 42.1 Å². The number of benzene rings is 2. The standard InChI is InChI=1S/C28H29F3N4O2S2/c1-2-21(36)16-32-27(38)35-13-11-20(12-14-35)26-34-24(17-39-26)25(37)33-23-6-4-3-5-22(23)19-9-7-18(8-10-19)15-28(29,30)31/h3-10,17,20H,2,11-16H2,1H3,(H,32,38)(H,33,37). The minimum absolute atomic E-state index is 0.113. The van der Waals surface area contributed by atoms with Crippen molar-refractivity contribution in [2.24, 2.45) is 0 Å². The highest BCUT2D eigenvalue weighted by atomic mass is 32.1. The summed E-state index contributed by atoms with van der Waals surface area (Å²) in [5.74, 6) is -0.0142. The second kappa shape index (κ2) is 12.7. The first-order valence-corrected chi connectivity index (χ1v) is 14.0. The van der Waals surface area contributed by atoms with Crippen molar-refractivity contribution in [1.82, 2.24) is 15.2 Å². The lowest BCUT2D eigenvalue weighted by Gasteiger charge is -2.33. The lowest BCUT2D eigenvalue weighted by Crippen LogP contribution is -2.45. The number of nitrogens with zero attached hydrogens (tertiary/aromatic N) is 2. The molecule has 1 aliphatic rings. The van der Waals surface area contributed by atoms with E-state index in [1.54, 1.807) is 29.6 Å². The number of carbonyl (C=O) groups excluding carboxylic acids is 2. The number of piperidine rings is 1. The van der Waals surface area contributed by atoms with E-state index in [9.17, 15) is 22.8 Å². The number of carbonyl (C=O) groups is 2. The molecule has 1 amide bonds. The fourth-order valence-electron chi connectivity index (χ4n) is 4.38. The van der Waals surface area contributed by atoms with Crippen molar-refractivity contribution in [3.63, 3.8) is 0 Å². The second-order valence-corrected chi connectivity index (χ2v) is 10.6. The predicted molar refractivity (Wildman–Crippen MR) is 151 cm³/mol. The molecule has 0 aliphatic carbocycles. The topological polar surface area (TPSA) is 74.3 Å². The first kappa shape index (κ1) is 28.7. The summed E-state index contributed by atoms with van der Waals surface area (Å²) in [4.78, 5) is 31.2. The van der Waals surface area contributed by atoms with Crippen molar-refractivity contribution < 1.29 is 22.8 Å². The molecule has 6 nitrogen and oxygen atoms in total. The predicted octanol–water partition coefficient (Wildman–Crippen LogP) is 6.20. The van der Waals surface area contributed by atoms with E-state index in [0.717, 1.165) is 30.9 Å². The summed E-state index contributed by atoms with van der Waals surface area (Å²) in [6.45, 7) is 3.55. The van der Waals surface area contributed by atoms with Crippen molar-refractivity contribution in [1.29, 1.82) is 0 Å². The highest BCUT2D eigenvalue weighted by Gasteiger charge is 2.28. The van der Waals surface area contributed by atoms with Crippen LogP contribution in [0.15, 0.2) is 53.9 Å². The number of hydrogen-bond acceptors (Lipinski definition) is 5. The maximum atomic E-state index is 13.0. The number of anilines is 1. The highest BCUT2D eigenvalue weighted by molar-refractivity contribution is 7.80. The molecule has 1 fully saturated rings. The average Bonchev–Trinajstić information content (AvgIpc) is 3.42. The molecule has 39 heavy (non-hydrogen) atoms. The van der Waals surface area contributed by atoms with Gasteiger partial charge in [-0.25, -0.2) is 4.98 Å². The minimum Gasteiger partial charge on any atom is -0.355 e. The Bertz CT molecular complexity index is 1320. The van der Waals surface area contributed by atoms with Crippen LogP contribution < -0.4 is 10.6 Å². The molecule has 1 saturated heterocycles. The van der Waals surface area contributed by atoms with E-state index in [2.05, 4.69) is 20.5 Å². The van der Waals surface area contributed by atoms with Crippen LogP contribution in [-0.2, 0) is 11.2 Å². The van der Waals surface area contributed by atoms with Gasteiger partial charge in [0.15, 0.2) is 10.9 Å². The molecular formula is C28H29F3N4O2S2. The normalized spacial score (nSPS) is 14.2. The third-order valence-corrected chi connectivity index (χ3v) is 7.97. The number of aromatic nitrogens is 1. The first-order chi connectivity index (χ1) is 18.6. The molecule has 2 aromatic carbocycles. The van der Waals surface area contributed by atoms with E-state index in [1.165, 1.54) is 23.5 Å². The van der Waals surface area contributed by atoms with Gasteiger partial charge < -0.3 is 15.5 Å². The number of thiocarbonyl (C=S) groups is 1. The maximum absolute atomic E-state index is 13.0. The van der Waals surface area contributed by atoms with E-state index in [1.807, 2.05) is 19.1 Å². The lowest BCUT2D eigenvalue weighted by atomic mass is 9.98. The number of halogens is 3. The number of hydrogen-bond donors (Lipinski definition) is 2. The number of rotatable bonds is 8. The van der Waals surface area contributed by atoms with Crippen LogP contribution in [0.3, 0.4) is 0 Å². The van der Waals surface area contributed by atoms with Crippen LogP contribution in [0.25, 0.3) is 11.1 Å². The van der Waals surface area contributed by atoms with Crippen LogP contribution in [0.4, 0.5) is 18.9 Å². The van der Waals surface area contributed by atoms with Crippen LogP contribution in [0, 0.1) is 0 Å². The van der Waals surface area contributed by atoms with Crippen LogP contribution >= 0.6 is 23.6 Å². The summed E-state index contributed by atoms with van der Waals surface area (Å²) < 4.78 is 38.1. The van der Waals surface area contributed by atoms with Crippen molar-refractivity contribution >= 4 is 46.0 Å². The number of ketones is 1. The fourth-order valence-corrected chi connectivity index (χ4v) is 5.61. The molecule has 11 heteroatoms. The Kier molecular flexibility index (Phi) is 9.34. The lowest BCUT2D eigenvalue weighted by molar-refractivity contribution is -0.127. The Morgan fingerprint density at radius 1 is 1.10 bits per heavy atom. The number of Topliss-reactive ketones (excluding diaryl/α,β-unsaturated/α-hetero) is 1. The number of amides is 1. The minimum atomic E-state index is -4.27. The van der Waals surface area contributed by atoms with Crippen LogP contribution in [0.5, 0.6) is 0 Å². The molecule has 2 heterocycles. The van der Waals surface area contributed by atoms with Gasteiger partial charge in [-0.1, -0.05) is 49.4 Å². The van der Waals surface area contributed by atoms with Gasteiger partial charge in [-0.15, -0.1) is 11.3 Å². The zero-order valence-electron chi connectivity index (χ0n) is 21.4. The molecule has 1 aliphatic heterocycles. The van der Waals surface area contributed by atoms with Gasteiger partial charge in [0.1, 0.15) is 5.69 Å². The van der Waals surface area contributed by atoms with Gasteiger partial charge in [0.05, 0.1) is 18.0 Å². The molecule has 0 saturated carbocycles. The van der Waals surface area contributed by atoms with Crippen LogP contribution in [-0.4, -0.2) is 52.5 Å². The van der Waals surface area contributed by atoms with Gasteiger partial charge in [0.25, 0.3) is 5.91 Å². The summed E-state index contributed by atoms with van der Waals surface area (Å²) in [5.41, 5.74) is 2.46. The van der Waals surface area contributed by atoms with Gasteiger partial charge in [-0.05, 0) is 42.3 Å². The highest BCUT2D eigenvalue weighted by Crippen LogP contribution is 2.32. The second-order valence-electron chi connectivity index (χ2n) is 9.37. The Labute approximate surface area is 234 Å². The Hall–Kier alpha value is -3.31. The third kappa shape index (κ3) is 7.86. The van der Waals surface area contributed by atoms with Crippen molar-refractivity contribution in [3.8, 4) is 11.1 Å². The molecule has 0 radical (unpaired) electrons. The zero-order valence-corrected chi connectivity index (χ0v) is 23.0. The van der Waals surface area contributed by atoms with Crippen LogP contribution in [0.2, 0.25) is 0 Å². The Morgan fingerprint density at radius 2 is 1.79 bits per heavy atom. The van der Waals surface area contributed by atoms with Crippen LogP contribution in [0.1, 0.15) is 53.2 Å². The maximum Gasteiger partial charge on any atom is 0.393 e. The number of alkyl halides is 3. The summed E-state index contributed by atoms with van der Waals surface area (Å²) in [5, 5.41) is 9.16. The van der Waals surface area contributed by atoms with E-state index >= 15 is 0 Å². The molecule has 2 N–H and O–H groups in total. The number of thiazole rings is 1. The molecule has 0 unspecified atom stereocenters. The zero-order chi connectivity index (χ0) is 28.0. The molecule has 0 spiro atoms. The summed E-state index contributed by atoms with van der Waals surface area (Å²) in [7, 11) is 0. The smallest absolute Gasteiger partial charge is 0.355 e. The largest absolute Gasteiger partial charge is 0.393 e. The van der Waals surface area contributed by atoms with Gasteiger partial charge in [-0.3, -0.25) is 9.59 Å². The van der Waals surface area contributed by atoms with Crippen molar-refractivity contribution in [2.45, 2.75) is 44.7 Å². The molecule has 1 aromatic heterocycles. The van der Waals surface area contributed by atoms with E-state index in [4.69, 9.17) is 12.2 Å². The van der Waals surface area contributed by atoms with Gasteiger partial charge in [0.2, 0.25) is 0 Å². The number of likely N-dealkylation sites (tertiary alicyclic amines) is 1. The summed E-state index contributed by atoms with van der Waals surface area (Å²) in [6, 6.07) is 13.3. The molecular weight excluding hydrogens is 545 g/mol. The quantitative estimate of drug-likeness (QED) is 0.312. The number of para-hydroxylation sites is 1. The molecule has 206 valence electrons. The molecule has 0 atom stereocenters. The van der Waals surface area contributed by atoms with Gasteiger partial charge in [-0.2, -0.15) is 13.2 Å². The Balaban J connectivity index is 1.36. The van der Waals surface area contributed by atoms with E-state index in [0.29, 0.717) is 34.0 Å². The fraction of sp³-hybridized carbons (Fsp3) is 0.357. The summed E-state index contributed by atoms with van der Waals surface area (Å²) >= 11 is 6.87. The van der Waals surface area contributed by atoms with E-state index in [-0.39, 0.29) is 29.7 Å².